The van der Waals surface area contributed by atoms with Crippen molar-refractivity contribution in [1.82, 2.24) is 5.32 Å². The van der Waals surface area contributed by atoms with Gasteiger partial charge >= 0.3 is 0 Å². The highest BCUT2D eigenvalue weighted by Crippen LogP contribution is 2.19. The highest BCUT2D eigenvalue weighted by Gasteiger charge is 2.15. The van der Waals surface area contributed by atoms with Crippen LogP contribution in [0.5, 0.6) is 5.75 Å². The number of carbonyl (C=O) groups is 1. The summed E-state index contributed by atoms with van der Waals surface area (Å²) in [5.41, 5.74) is 7.15. The lowest BCUT2D eigenvalue weighted by Gasteiger charge is -2.08. The number of hydrogen-bond donors (Lipinski definition) is 3. The molecular weight excluding hydrogens is 271 g/mol. The number of halogens is 1. The highest BCUT2D eigenvalue weighted by atomic mass is 19.1. The minimum Gasteiger partial charge on any atom is -0.507 e. The van der Waals surface area contributed by atoms with Gasteiger partial charge in [0.05, 0.1) is 0 Å². The molecule has 2 aromatic carbocycles. The van der Waals surface area contributed by atoms with Crippen LogP contribution >= 0.6 is 0 Å². The molecule has 110 valence electrons. The van der Waals surface area contributed by atoms with E-state index in [2.05, 4.69) is 5.32 Å². The second-order valence-electron chi connectivity index (χ2n) is 4.67. The summed E-state index contributed by atoms with van der Waals surface area (Å²) in [5, 5.41) is 12.1. The zero-order valence-corrected chi connectivity index (χ0v) is 11.5. The Morgan fingerprint density at radius 2 is 1.81 bits per heavy atom. The van der Waals surface area contributed by atoms with Crippen molar-refractivity contribution in [3.63, 3.8) is 0 Å². The van der Waals surface area contributed by atoms with Gasteiger partial charge in [0.1, 0.15) is 17.1 Å². The summed E-state index contributed by atoms with van der Waals surface area (Å²) in [4.78, 5) is 11.9. The van der Waals surface area contributed by atoms with Crippen LogP contribution in [0, 0.1) is 5.82 Å². The summed E-state index contributed by atoms with van der Waals surface area (Å²) in [5.74, 6) is -1.76. The summed E-state index contributed by atoms with van der Waals surface area (Å²) in [6, 6.07) is 11.4. The molecule has 0 saturated heterocycles. The maximum absolute atomic E-state index is 13.5. The fraction of sp³-hybridized carbons (Fsp3) is 0.188. The second kappa shape index (κ2) is 6.85. The molecule has 0 radical (unpaired) electrons. The summed E-state index contributed by atoms with van der Waals surface area (Å²) < 4.78 is 13.5. The first-order valence-corrected chi connectivity index (χ1v) is 6.65. The molecule has 0 aliphatic rings. The van der Waals surface area contributed by atoms with E-state index in [1.54, 1.807) is 0 Å². The molecule has 4 nitrogen and oxygen atoms in total. The van der Waals surface area contributed by atoms with Gasteiger partial charge in [0, 0.05) is 6.54 Å². The number of aromatic hydroxyl groups is 1. The number of amides is 1. The van der Waals surface area contributed by atoms with Crippen molar-refractivity contribution in [3.8, 4) is 5.75 Å². The molecular formula is C16H17FN2O2. The molecule has 0 bridgehead atoms. The molecule has 21 heavy (non-hydrogen) atoms. The Morgan fingerprint density at radius 3 is 2.43 bits per heavy atom. The molecule has 0 unspecified atom stereocenters. The minimum atomic E-state index is -0.745. The van der Waals surface area contributed by atoms with E-state index in [1.807, 2.05) is 24.3 Å². The molecule has 1 amide bonds. The number of nitrogens with two attached hydrogens (primary N) is 1. The maximum Gasteiger partial charge on any atom is 0.258 e. The fourth-order valence-corrected chi connectivity index (χ4v) is 2.00. The molecule has 5 heteroatoms. The summed E-state index contributed by atoms with van der Waals surface area (Å²) in [6.45, 7) is 0.845. The normalized spacial score (nSPS) is 10.4. The van der Waals surface area contributed by atoms with Gasteiger partial charge in [-0.1, -0.05) is 30.3 Å². The quantitative estimate of drug-likeness (QED) is 0.787. The van der Waals surface area contributed by atoms with E-state index in [4.69, 9.17) is 5.73 Å². The van der Waals surface area contributed by atoms with E-state index in [0.29, 0.717) is 6.54 Å². The monoisotopic (exact) mass is 288 g/mol. The first-order valence-electron chi connectivity index (χ1n) is 6.65. The van der Waals surface area contributed by atoms with E-state index in [9.17, 15) is 14.3 Å². The predicted octanol–water partition coefficient (Wildman–Crippen LogP) is 1.96. The van der Waals surface area contributed by atoms with E-state index in [0.717, 1.165) is 23.6 Å². The highest BCUT2D eigenvalue weighted by molar-refractivity contribution is 5.97. The van der Waals surface area contributed by atoms with Crippen LogP contribution in [-0.2, 0) is 13.0 Å². The SMILES string of the molecule is NCCc1ccc(CNC(=O)c2c(O)cccc2F)cc1. The first kappa shape index (κ1) is 15.0. The second-order valence-corrected chi connectivity index (χ2v) is 4.67. The van der Waals surface area contributed by atoms with Crippen molar-refractivity contribution in [2.75, 3.05) is 6.54 Å². The van der Waals surface area contributed by atoms with E-state index < -0.39 is 11.7 Å². The molecule has 0 fully saturated rings. The third kappa shape index (κ3) is 3.79. The molecule has 0 heterocycles. The molecule has 4 N–H and O–H groups in total. The third-order valence-corrected chi connectivity index (χ3v) is 3.13. The van der Waals surface area contributed by atoms with E-state index >= 15 is 0 Å². The summed E-state index contributed by atoms with van der Waals surface area (Å²) >= 11 is 0. The average molecular weight is 288 g/mol. The van der Waals surface area contributed by atoms with Crippen molar-refractivity contribution in [2.45, 2.75) is 13.0 Å². The van der Waals surface area contributed by atoms with Gasteiger partial charge in [0.2, 0.25) is 0 Å². The van der Waals surface area contributed by atoms with Crippen LogP contribution in [0.4, 0.5) is 4.39 Å². The lowest BCUT2D eigenvalue weighted by atomic mass is 10.1. The summed E-state index contributed by atoms with van der Waals surface area (Å²) in [6.07, 6.45) is 0.801. The number of hydrogen-bond acceptors (Lipinski definition) is 3. The molecule has 2 aromatic rings. The molecule has 0 aliphatic heterocycles. The van der Waals surface area contributed by atoms with Crippen LogP contribution < -0.4 is 11.1 Å². The first-order chi connectivity index (χ1) is 10.1. The lowest BCUT2D eigenvalue weighted by molar-refractivity contribution is 0.0944. The molecule has 2 rings (SSSR count). The smallest absolute Gasteiger partial charge is 0.258 e. The topological polar surface area (TPSA) is 75.3 Å². The van der Waals surface area contributed by atoms with Gasteiger partial charge < -0.3 is 16.2 Å². The number of benzene rings is 2. The summed E-state index contributed by atoms with van der Waals surface area (Å²) in [7, 11) is 0. The van der Waals surface area contributed by atoms with Crippen LogP contribution in [0.3, 0.4) is 0 Å². The Labute approximate surface area is 122 Å². The Balaban J connectivity index is 2.01. The zero-order chi connectivity index (χ0) is 15.2. The molecule has 0 aromatic heterocycles. The van der Waals surface area contributed by atoms with E-state index in [-0.39, 0.29) is 17.9 Å². The molecule has 0 atom stereocenters. The van der Waals surface area contributed by atoms with Crippen LogP contribution in [0.2, 0.25) is 0 Å². The van der Waals surface area contributed by atoms with Gasteiger partial charge in [-0.3, -0.25) is 4.79 Å². The minimum absolute atomic E-state index is 0.259. The van der Waals surface area contributed by atoms with Gasteiger partial charge in [0.15, 0.2) is 0 Å². The molecule has 0 saturated carbocycles. The van der Waals surface area contributed by atoms with Crippen LogP contribution in [0.15, 0.2) is 42.5 Å². The number of rotatable bonds is 5. The van der Waals surface area contributed by atoms with Crippen molar-refractivity contribution >= 4 is 5.91 Å². The van der Waals surface area contributed by atoms with Crippen molar-refractivity contribution in [3.05, 3.63) is 65.0 Å². The van der Waals surface area contributed by atoms with Crippen molar-refractivity contribution in [2.24, 2.45) is 5.73 Å². The maximum atomic E-state index is 13.5. The largest absolute Gasteiger partial charge is 0.507 e. The number of phenolic OH excluding ortho intramolecular Hbond substituents is 1. The zero-order valence-electron chi connectivity index (χ0n) is 11.5. The average Bonchev–Trinajstić information content (AvgIpc) is 2.47. The van der Waals surface area contributed by atoms with Crippen LogP contribution in [0.25, 0.3) is 0 Å². The number of phenols is 1. The van der Waals surface area contributed by atoms with Crippen molar-refractivity contribution in [1.29, 1.82) is 0 Å². The third-order valence-electron chi connectivity index (χ3n) is 3.13. The lowest BCUT2D eigenvalue weighted by Crippen LogP contribution is -2.24. The van der Waals surface area contributed by atoms with Gasteiger partial charge in [-0.15, -0.1) is 0 Å². The van der Waals surface area contributed by atoms with Gasteiger partial charge in [-0.05, 0) is 36.2 Å². The van der Waals surface area contributed by atoms with Crippen LogP contribution in [-0.4, -0.2) is 17.6 Å². The van der Waals surface area contributed by atoms with E-state index in [1.165, 1.54) is 12.1 Å². The van der Waals surface area contributed by atoms with Gasteiger partial charge in [0.25, 0.3) is 5.91 Å². The molecule has 0 aliphatic carbocycles. The number of nitrogens with one attached hydrogen (secondary N) is 1. The Bertz CT molecular complexity index is 606. The van der Waals surface area contributed by atoms with Gasteiger partial charge in [-0.25, -0.2) is 4.39 Å². The standard InChI is InChI=1S/C16H17FN2O2/c17-13-2-1-3-14(20)15(13)16(21)19-10-12-6-4-11(5-7-12)8-9-18/h1-7,20H,8-10,18H2,(H,19,21). The fourth-order valence-electron chi connectivity index (χ4n) is 2.00. The van der Waals surface area contributed by atoms with Crippen LogP contribution in [0.1, 0.15) is 21.5 Å². The predicted molar refractivity (Wildman–Crippen MR) is 78.4 cm³/mol. The Kier molecular flexibility index (Phi) is 4.90. The molecule has 0 spiro atoms. The Morgan fingerprint density at radius 1 is 1.14 bits per heavy atom. The van der Waals surface area contributed by atoms with Gasteiger partial charge in [-0.2, -0.15) is 0 Å². The number of carbonyl (C=O) groups excluding carboxylic acids is 1. The van der Waals surface area contributed by atoms with Crippen molar-refractivity contribution < 1.29 is 14.3 Å². The Hall–Kier alpha value is -2.40.